The summed E-state index contributed by atoms with van der Waals surface area (Å²) in [6.07, 6.45) is 0.739. The van der Waals surface area contributed by atoms with Gasteiger partial charge >= 0.3 is 0 Å². The Bertz CT molecular complexity index is 719. The summed E-state index contributed by atoms with van der Waals surface area (Å²) in [5.41, 5.74) is 5.58. The quantitative estimate of drug-likeness (QED) is 0.831. The number of sulfonamides is 1. The van der Waals surface area contributed by atoms with Gasteiger partial charge in [0.2, 0.25) is 10.0 Å². The molecule has 2 rings (SSSR count). The Morgan fingerprint density at radius 3 is 2.41 bits per heavy atom. The fourth-order valence-corrected chi connectivity index (χ4v) is 4.93. The van der Waals surface area contributed by atoms with Crippen LogP contribution in [0.5, 0.6) is 0 Å². The molecule has 2 N–H and O–H groups in total. The van der Waals surface area contributed by atoms with Gasteiger partial charge in [-0.2, -0.15) is 4.31 Å². The molecule has 126 valence electrons. The minimum atomic E-state index is -3.66. The monoisotopic (exact) mass is 368 g/mol. The fourth-order valence-electron chi connectivity index (χ4n) is 2.35. The van der Waals surface area contributed by atoms with Gasteiger partial charge in [-0.15, -0.1) is 12.4 Å². The molecule has 6 nitrogen and oxygen atoms in total. The zero-order valence-corrected chi connectivity index (χ0v) is 14.8. The van der Waals surface area contributed by atoms with E-state index >= 15 is 0 Å². The second-order valence-corrected chi connectivity index (χ2v) is 9.35. The van der Waals surface area contributed by atoms with E-state index < -0.39 is 19.9 Å². The van der Waals surface area contributed by atoms with Gasteiger partial charge in [-0.3, -0.25) is 0 Å². The van der Waals surface area contributed by atoms with Gasteiger partial charge in [0.1, 0.15) is 0 Å². The third-order valence-corrected chi connectivity index (χ3v) is 7.36. The molecule has 22 heavy (non-hydrogen) atoms. The van der Waals surface area contributed by atoms with E-state index in [1.807, 2.05) is 0 Å². The lowest BCUT2D eigenvalue weighted by Gasteiger charge is -2.17. The van der Waals surface area contributed by atoms with Crippen LogP contribution < -0.4 is 5.73 Å². The number of nitrogens with two attached hydrogens (primary N) is 1. The molecule has 1 aromatic carbocycles. The van der Waals surface area contributed by atoms with E-state index in [0.29, 0.717) is 19.6 Å². The molecular formula is C13H21ClN2O4S2. The van der Waals surface area contributed by atoms with Crippen LogP contribution in [-0.4, -0.2) is 46.5 Å². The highest BCUT2D eigenvalue weighted by Crippen LogP contribution is 2.25. The molecule has 1 fully saturated rings. The minimum Gasteiger partial charge on any atom is -0.330 e. The van der Waals surface area contributed by atoms with Crippen LogP contribution in [0.4, 0.5) is 0 Å². The lowest BCUT2D eigenvalue weighted by molar-refractivity contribution is 0.459. The smallest absolute Gasteiger partial charge is 0.243 e. The van der Waals surface area contributed by atoms with Gasteiger partial charge in [-0.25, -0.2) is 16.8 Å². The molecule has 0 aliphatic carbocycles. The van der Waals surface area contributed by atoms with Crippen LogP contribution in [0.25, 0.3) is 0 Å². The van der Waals surface area contributed by atoms with E-state index in [1.54, 1.807) is 0 Å². The zero-order chi connectivity index (χ0) is 15.7. The predicted molar refractivity (Wildman–Crippen MR) is 87.3 cm³/mol. The molecule has 1 atom stereocenters. The molecule has 0 bridgehead atoms. The highest BCUT2D eigenvalue weighted by molar-refractivity contribution is 7.91. The molecule has 1 heterocycles. The maximum Gasteiger partial charge on any atom is 0.243 e. The van der Waals surface area contributed by atoms with Crippen molar-refractivity contribution < 1.29 is 16.8 Å². The van der Waals surface area contributed by atoms with Gasteiger partial charge in [-0.05, 0) is 37.1 Å². The first-order chi connectivity index (χ1) is 9.81. The number of sulfone groups is 1. The first-order valence-electron chi connectivity index (χ1n) is 6.84. The van der Waals surface area contributed by atoms with Gasteiger partial charge in [0.15, 0.2) is 9.84 Å². The largest absolute Gasteiger partial charge is 0.330 e. The van der Waals surface area contributed by atoms with Gasteiger partial charge in [0, 0.05) is 13.1 Å². The topological polar surface area (TPSA) is 97.5 Å². The Morgan fingerprint density at radius 2 is 1.86 bits per heavy atom. The first-order valence-corrected chi connectivity index (χ1v) is 9.93. The number of rotatable bonds is 5. The lowest BCUT2D eigenvalue weighted by atomic mass is 10.1. The molecule has 0 aromatic heterocycles. The first kappa shape index (κ1) is 19.4. The molecule has 0 radical (unpaired) electrons. The van der Waals surface area contributed by atoms with Gasteiger partial charge in [0.05, 0.1) is 15.5 Å². The molecule has 0 spiro atoms. The maximum atomic E-state index is 12.6. The summed E-state index contributed by atoms with van der Waals surface area (Å²) in [6.45, 7) is 2.80. The summed E-state index contributed by atoms with van der Waals surface area (Å²) in [7, 11) is -7.08. The van der Waals surface area contributed by atoms with Gasteiger partial charge in [0.25, 0.3) is 0 Å². The minimum absolute atomic E-state index is 0. The highest BCUT2D eigenvalue weighted by Gasteiger charge is 2.32. The van der Waals surface area contributed by atoms with E-state index in [0.717, 1.165) is 6.42 Å². The number of halogens is 1. The zero-order valence-electron chi connectivity index (χ0n) is 12.3. The lowest BCUT2D eigenvalue weighted by Crippen LogP contribution is -2.30. The molecule has 9 heteroatoms. The van der Waals surface area contributed by atoms with E-state index in [4.69, 9.17) is 5.73 Å². The van der Waals surface area contributed by atoms with Crippen LogP contribution >= 0.6 is 12.4 Å². The van der Waals surface area contributed by atoms with Crippen molar-refractivity contribution in [2.45, 2.75) is 23.1 Å². The van der Waals surface area contributed by atoms with Crippen molar-refractivity contribution in [1.29, 1.82) is 0 Å². The maximum absolute atomic E-state index is 12.6. The number of benzene rings is 1. The highest BCUT2D eigenvalue weighted by atomic mass is 35.5. The van der Waals surface area contributed by atoms with E-state index in [9.17, 15) is 16.8 Å². The molecule has 1 unspecified atom stereocenters. The summed E-state index contributed by atoms with van der Waals surface area (Å²) in [5, 5.41) is 0. The second kappa shape index (κ2) is 7.27. The van der Waals surface area contributed by atoms with Gasteiger partial charge in [-0.1, -0.05) is 13.0 Å². The number of nitrogens with zero attached hydrogens (tertiary/aromatic N) is 1. The van der Waals surface area contributed by atoms with Crippen molar-refractivity contribution in [3.63, 3.8) is 0 Å². The van der Waals surface area contributed by atoms with Crippen LogP contribution in [0, 0.1) is 5.92 Å². The Labute approximate surface area is 138 Å². The van der Waals surface area contributed by atoms with Crippen LogP contribution in [0.3, 0.4) is 0 Å². The van der Waals surface area contributed by atoms with Crippen molar-refractivity contribution >= 4 is 32.3 Å². The van der Waals surface area contributed by atoms with Gasteiger partial charge < -0.3 is 5.73 Å². The summed E-state index contributed by atoms with van der Waals surface area (Å²) in [6, 6.07) is 5.56. The average Bonchev–Trinajstić information content (AvgIpc) is 2.97. The van der Waals surface area contributed by atoms with Crippen molar-refractivity contribution in [2.75, 3.05) is 25.4 Å². The van der Waals surface area contributed by atoms with Crippen molar-refractivity contribution in [1.82, 2.24) is 4.31 Å². The fraction of sp³-hybridized carbons (Fsp3) is 0.538. The van der Waals surface area contributed by atoms with Crippen molar-refractivity contribution in [2.24, 2.45) is 11.7 Å². The van der Waals surface area contributed by atoms with Crippen LogP contribution in [0.1, 0.15) is 13.3 Å². The molecular weight excluding hydrogens is 348 g/mol. The Hall–Kier alpha value is -0.670. The molecule has 1 aliphatic heterocycles. The summed E-state index contributed by atoms with van der Waals surface area (Å²) >= 11 is 0. The summed E-state index contributed by atoms with van der Waals surface area (Å²) in [4.78, 5) is 0.0651. The van der Waals surface area contributed by atoms with E-state index in [2.05, 4.69) is 0 Å². The molecule has 0 amide bonds. The molecule has 1 aromatic rings. The normalized spacial score (nSPS) is 19.8. The third-order valence-electron chi connectivity index (χ3n) is 3.76. The van der Waals surface area contributed by atoms with Crippen molar-refractivity contribution in [3.05, 3.63) is 24.3 Å². The van der Waals surface area contributed by atoms with Crippen LogP contribution in [-0.2, 0) is 19.9 Å². The van der Waals surface area contributed by atoms with E-state index in [-0.39, 0.29) is 33.9 Å². The SMILES string of the molecule is CCS(=O)(=O)c1cccc(S(=O)(=O)N2CCC(CN)C2)c1.Cl. The molecule has 0 saturated carbocycles. The van der Waals surface area contributed by atoms with Crippen molar-refractivity contribution in [3.8, 4) is 0 Å². The number of hydrogen-bond donors (Lipinski definition) is 1. The summed E-state index contributed by atoms with van der Waals surface area (Å²) < 4.78 is 50.2. The Kier molecular flexibility index (Phi) is 6.40. The van der Waals surface area contributed by atoms with Crippen LogP contribution in [0.15, 0.2) is 34.1 Å². The Balaban J connectivity index is 0.00000242. The number of hydrogen-bond acceptors (Lipinski definition) is 5. The van der Waals surface area contributed by atoms with Crippen LogP contribution in [0.2, 0.25) is 0 Å². The third kappa shape index (κ3) is 3.80. The summed E-state index contributed by atoms with van der Waals surface area (Å²) in [5.74, 6) is 0.109. The Morgan fingerprint density at radius 1 is 1.23 bits per heavy atom. The average molecular weight is 369 g/mol. The van der Waals surface area contributed by atoms with E-state index in [1.165, 1.54) is 35.5 Å². The standard InChI is InChI=1S/C13H20N2O4S2.ClH/c1-2-20(16,17)12-4-3-5-13(8-12)21(18,19)15-7-6-11(9-14)10-15;/h3-5,8,11H,2,6-7,9-10,14H2,1H3;1H. The molecule has 1 saturated heterocycles. The second-order valence-electron chi connectivity index (χ2n) is 5.13. The predicted octanol–water partition coefficient (Wildman–Crippen LogP) is 0.871. The molecule has 1 aliphatic rings.